The maximum Gasteiger partial charge on any atom is 0.293 e. The molecule has 0 fully saturated rings. The Morgan fingerprint density at radius 1 is 1.50 bits per heavy atom. The lowest BCUT2D eigenvalue weighted by Crippen LogP contribution is -2.23. The Kier molecular flexibility index (Phi) is 5.92. The predicted molar refractivity (Wildman–Crippen MR) is 75.9 cm³/mol. The molecule has 0 aliphatic carbocycles. The van der Waals surface area contributed by atoms with Gasteiger partial charge in [-0.3, -0.25) is 14.9 Å². The molecule has 0 saturated carbocycles. The van der Waals surface area contributed by atoms with Crippen LogP contribution >= 0.6 is 0 Å². The van der Waals surface area contributed by atoms with E-state index < -0.39 is 4.92 Å². The van der Waals surface area contributed by atoms with Gasteiger partial charge in [-0.25, -0.2) is 0 Å². The van der Waals surface area contributed by atoms with Crippen molar-refractivity contribution < 1.29 is 14.8 Å². The fourth-order valence-electron chi connectivity index (χ4n) is 1.74. The van der Waals surface area contributed by atoms with E-state index in [0.717, 1.165) is 0 Å². The van der Waals surface area contributed by atoms with Gasteiger partial charge in [0.05, 0.1) is 4.92 Å². The Morgan fingerprint density at radius 2 is 2.20 bits per heavy atom. The zero-order chi connectivity index (χ0) is 15.1. The summed E-state index contributed by atoms with van der Waals surface area (Å²) in [6, 6.07) is 4.19. The van der Waals surface area contributed by atoms with Crippen molar-refractivity contribution >= 4 is 17.3 Å². The van der Waals surface area contributed by atoms with Gasteiger partial charge < -0.3 is 15.7 Å². The number of nitrogens with one attached hydrogen (secondary N) is 2. The Morgan fingerprint density at radius 3 is 2.75 bits per heavy atom. The number of aliphatic hydroxyl groups excluding tert-OH is 1. The van der Waals surface area contributed by atoms with Gasteiger partial charge in [0, 0.05) is 30.8 Å². The molecule has 20 heavy (non-hydrogen) atoms. The SMILES string of the molecule is CCNC(=O)c1ccc(NC(C)CCO)c([N+](=O)[O-])c1. The van der Waals surface area contributed by atoms with Gasteiger partial charge in [-0.1, -0.05) is 0 Å². The highest BCUT2D eigenvalue weighted by molar-refractivity contribution is 5.95. The van der Waals surface area contributed by atoms with Gasteiger partial charge in [0.1, 0.15) is 5.69 Å². The van der Waals surface area contributed by atoms with E-state index in [1.807, 2.05) is 6.92 Å². The summed E-state index contributed by atoms with van der Waals surface area (Å²) < 4.78 is 0. The number of amides is 1. The first-order valence-corrected chi connectivity index (χ1v) is 6.43. The minimum atomic E-state index is -0.531. The first-order chi connectivity index (χ1) is 9.49. The Bertz CT molecular complexity index is 491. The fraction of sp³-hybridized carbons (Fsp3) is 0.462. The molecule has 0 spiro atoms. The molecule has 7 heteroatoms. The van der Waals surface area contributed by atoms with Gasteiger partial charge in [0.15, 0.2) is 0 Å². The second kappa shape index (κ2) is 7.44. The molecule has 1 rings (SSSR count). The van der Waals surface area contributed by atoms with Crippen LogP contribution < -0.4 is 10.6 Å². The lowest BCUT2D eigenvalue weighted by molar-refractivity contribution is -0.384. The molecule has 1 aromatic rings. The average molecular weight is 281 g/mol. The summed E-state index contributed by atoms with van der Waals surface area (Å²) in [5, 5.41) is 25.5. The minimum Gasteiger partial charge on any atom is -0.396 e. The number of nitro benzene ring substituents is 1. The second-order valence-corrected chi connectivity index (χ2v) is 4.41. The zero-order valence-corrected chi connectivity index (χ0v) is 11.5. The first kappa shape index (κ1) is 15.9. The number of aliphatic hydroxyl groups is 1. The zero-order valence-electron chi connectivity index (χ0n) is 11.5. The quantitative estimate of drug-likeness (QED) is 0.519. The van der Waals surface area contributed by atoms with E-state index >= 15 is 0 Å². The van der Waals surface area contributed by atoms with E-state index in [1.54, 1.807) is 6.92 Å². The minimum absolute atomic E-state index is 0.00104. The van der Waals surface area contributed by atoms with E-state index in [9.17, 15) is 14.9 Å². The standard InChI is InChI=1S/C13H19N3O4/c1-3-14-13(18)10-4-5-11(12(8-10)16(19)20)15-9(2)6-7-17/h4-5,8-9,15,17H,3,6-7H2,1-2H3,(H,14,18). The molecule has 0 aliphatic rings. The van der Waals surface area contributed by atoms with Crippen molar-refractivity contribution in [2.45, 2.75) is 26.3 Å². The van der Waals surface area contributed by atoms with Crippen LogP contribution in [0, 0.1) is 10.1 Å². The van der Waals surface area contributed by atoms with E-state index in [-0.39, 0.29) is 29.8 Å². The number of carbonyl (C=O) groups excluding carboxylic acids is 1. The molecule has 0 heterocycles. The normalized spacial score (nSPS) is 11.8. The van der Waals surface area contributed by atoms with Gasteiger partial charge in [-0.15, -0.1) is 0 Å². The summed E-state index contributed by atoms with van der Waals surface area (Å²) in [7, 11) is 0. The summed E-state index contributed by atoms with van der Waals surface area (Å²) in [6.07, 6.45) is 0.481. The number of nitrogens with zero attached hydrogens (tertiary/aromatic N) is 1. The largest absolute Gasteiger partial charge is 0.396 e. The number of rotatable bonds is 7. The maximum absolute atomic E-state index is 11.7. The summed E-state index contributed by atoms with van der Waals surface area (Å²) >= 11 is 0. The van der Waals surface area contributed by atoms with Crippen LogP contribution in [0.5, 0.6) is 0 Å². The Hall–Kier alpha value is -2.15. The van der Waals surface area contributed by atoms with Crippen molar-refractivity contribution in [1.82, 2.24) is 5.32 Å². The molecule has 7 nitrogen and oxygen atoms in total. The lowest BCUT2D eigenvalue weighted by Gasteiger charge is -2.14. The molecule has 0 aromatic heterocycles. The fourth-order valence-corrected chi connectivity index (χ4v) is 1.74. The van der Waals surface area contributed by atoms with Crippen molar-refractivity contribution in [2.24, 2.45) is 0 Å². The molecule has 0 saturated heterocycles. The highest BCUT2D eigenvalue weighted by atomic mass is 16.6. The van der Waals surface area contributed by atoms with Gasteiger partial charge in [-0.2, -0.15) is 0 Å². The topological polar surface area (TPSA) is 104 Å². The van der Waals surface area contributed by atoms with Crippen LogP contribution in [0.25, 0.3) is 0 Å². The van der Waals surface area contributed by atoms with Gasteiger partial charge in [0.2, 0.25) is 0 Å². The molecule has 0 bridgehead atoms. The van der Waals surface area contributed by atoms with Crippen molar-refractivity contribution in [2.75, 3.05) is 18.5 Å². The molecule has 1 atom stereocenters. The molecule has 3 N–H and O–H groups in total. The summed E-state index contributed by atoms with van der Waals surface area (Å²) in [5.41, 5.74) is 0.432. The van der Waals surface area contributed by atoms with Crippen molar-refractivity contribution in [3.05, 3.63) is 33.9 Å². The number of anilines is 1. The number of hydrogen-bond acceptors (Lipinski definition) is 5. The first-order valence-electron chi connectivity index (χ1n) is 6.43. The predicted octanol–water partition coefficient (Wildman–Crippen LogP) is 1.53. The molecule has 110 valence electrons. The summed E-state index contributed by atoms with van der Waals surface area (Å²) in [5.74, 6) is -0.342. The molecule has 1 unspecified atom stereocenters. The number of hydrogen-bond donors (Lipinski definition) is 3. The number of nitro groups is 1. The van der Waals surface area contributed by atoms with Gasteiger partial charge in [-0.05, 0) is 32.4 Å². The lowest BCUT2D eigenvalue weighted by atomic mass is 10.1. The Labute approximate surface area is 117 Å². The molecular weight excluding hydrogens is 262 g/mol. The number of benzene rings is 1. The van der Waals surface area contributed by atoms with Crippen LogP contribution in [-0.4, -0.2) is 35.1 Å². The number of carbonyl (C=O) groups is 1. The highest BCUT2D eigenvalue weighted by Crippen LogP contribution is 2.26. The maximum atomic E-state index is 11.7. The molecule has 1 amide bonds. The van der Waals surface area contributed by atoms with Crippen molar-refractivity contribution in [3.63, 3.8) is 0 Å². The van der Waals surface area contributed by atoms with Gasteiger partial charge >= 0.3 is 0 Å². The Balaban J connectivity index is 3.02. The summed E-state index contributed by atoms with van der Waals surface area (Å²) in [6.45, 7) is 4.05. The molecule has 0 aliphatic heterocycles. The van der Waals surface area contributed by atoms with E-state index in [0.29, 0.717) is 18.7 Å². The molecular formula is C13H19N3O4. The molecule has 1 aromatic carbocycles. The smallest absolute Gasteiger partial charge is 0.293 e. The highest BCUT2D eigenvalue weighted by Gasteiger charge is 2.18. The van der Waals surface area contributed by atoms with E-state index in [1.165, 1.54) is 18.2 Å². The van der Waals surface area contributed by atoms with Crippen LogP contribution in [0.4, 0.5) is 11.4 Å². The van der Waals surface area contributed by atoms with E-state index in [4.69, 9.17) is 5.11 Å². The third kappa shape index (κ3) is 4.20. The van der Waals surface area contributed by atoms with Crippen LogP contribution in [0.2, 0.25) is 0 Å². The van der Waals surface area contributed by atoms with Crippen molar-refractivity contribution in [3.8, 4) is 0 Å². The van der Waals surface area contributed by atoms with Gasteiger partial charge in [0.25, 0.3) is 11.6 Å². The monoisotopic (exact) mass is 281 g/mol. The van der Waals surface area contributed by atoms with Crippen LogP contribution in [-0.2, 0) is 0 Å². The van der Waals surface area contributed by atoms with Crippen LogP contribution in [0.1, 0.15) is 30.6 Å². The third-order valence-corrected chi connectivity index (χ3v) is 2.76. The van der Waals surface area contributed by atoms with Crippen molar-refractivity contribution in [1.29, 1.82) is 0 Å². The van der Waals surface area contributed by atoms with Crippen LogP contribution in [0.15, 0.2) is 18.2 Å². The average Bonchev–Trinajstić information content (AvgIpc) is 2.39. The second-order valence-electron chi connectivity index (χ2n) is 4.41. The molecule has 0 radical (unpaired) electrons. The van der Waals surface area contributed by atoms with E-state index in [2.05, 4.69) is 10.6 Å². The summed E-state index contributed by atoms with van der Waals surface area (Å²) in [4.78, 5) is 22.2. The van der Waals surface area contributed by atoms with Crippen LogP contribution in [0.3, 0.4) is 0 Å². The third-order valence-electron chi connectivity index (χ3n) is 2.76.